The van der Waals surface area contributed by atoms with E-state index < -0.39 is 16.1 Å². The second kappa shape index (κ2) is 6.15. The third-order valence-corrected chi connectivity index (χ3v) is 5.50. The standard InChI is InChI=1S/C13H22N4O3S/c1-9-12(10(2)15-14-9)21(19,20)16-11(3)13(18)17-7-5-4-6-8-17/h11,16H,4-8H2,1-3H3,(H,14,15). The summed E-state index contributed by atoms with van der Waals surface area (Å²) >= 11 is 0. The largest absolute Gasteiger partial charge is 0.341 e. The van der Waals surface area contributed by atoms with Crippen LogP contribution in [0.2, 0.25) is 0 Å². The SMILES string of the molecule is Cc1n[nH]c(C)c1S(=O)(=O)NC(C)C(=O)N1CCCCC1. The van der Waals surface area contributed by atoms with Gasteiger partial charge in [0.1, 0.15) is 4.90 Å². The molecule has 8 heteroatoms. The van der Waals surface area contributed by atoms with E-state index >= 15 is 0 Å². The average molecular weight is 314 g/mol. The van der Waals surface area contributed by atoms with Gasteiger partial charge >= 0.3 is 0 Å². The van der Waals surface area contributed by atoms with Crippen LogP contribution in [0.3, 0.4) is 0 Å². The first-order chi connectivity index (χ1) is 9.83. The molecule has 1 saturated heterocycles. The number of piperidine rings is 1. The van der Waals surface area contributed by atoms with Crippen molar-refractivity contribution in [2.75, 3.05) is 13.1 Å². The van der Waals surface area contributed by atoms with E-state index in [0.29, 0.717) is 24.5 Å². The number of hydrogen-bond donors (Lipinski definition) is 2. The van der Waals surface area contributed by atoms with Crippen LogP contribution in [-0.2, 0) is 14.8 Å². The number of aromatic nitrogens is 2. The maximum atomic E-state index is 12.4. The summed E-state index contributed by atoms with van der Waals surface area (Å²) in [5.41, 5.74) is 0.871. The quantitative estimate of drug-likeness (QED) is 0.855. The van der Waals surface area contributed by atoms with Gasteiger partial charge in [0.05, 0.1) is 17.4 Å². The first kappa shape index (κ1) is 16.0. The number of likely N-dealkylation sites (tertiary alicyclic amines) is 1. The Kier molecular flexibility index (Phi) is 4.67. The van der Waals surface area contributed by atoms with E-state index in [0.717, 1.165) is 19.3 Å². The van der Waals surface area contributed by atoms with Crippen molar-refractivity contribution in [1.29, 1.82) is 0 Å². The van der Waals surface area contributed by atoms with Crippen molar-refractivity contribution in [2.24, 2.45) is 0 Å². The minimum Gasteiger partial charge on any atom is -0.341 e. The van der Waals surface area contributed by atoms with Gasteiger partial charge in [0, 0.05) is 13.1 Å². The highest BCUT2D eigenvalue weighted by Crippen LogP contribution is 2.17. The van der Waals surface area contributed by atoms with Crippen LogP contribution >= 0.6 is 0 Å². The second-order valence-electron chi connectivity index (χ2n) is 5.49. The lowest BCUT2D eigenvalue weighted by atomic mass is 10.1. The number of amides is 1. The highest BCUT2D eigenvalue weighted by molar-refractivity contribution is 7.89. The number of rotatable bonds is 4. The molecule has 1 aliphatic heterocycles. The van der Waals surface area contributed by atoms with Gasteiger partial charge in [0.25, 0.3) is 0 Å². The summed E-state index contributed by atoms with van der Waals surface area (Å²) < 4.78 is 27.2. The maximum Gasteiger partial charge on any atom is 0.244 e. The molecular formula is C13H22N4O3S. The molecule has 0 aromatic carbocycles. The fourth-order valence-corrected chi connectivity index (χ4v) is 4.23. The molecule has 2 heterocycles. The molecule has 21 heavy (non-hydrogen) atoms. The summed E-state index contributed by atoms with van der Waals surface area (Å²) in [5.74, 6) is -0.169. The van der Waals surface area contributed by atoms with Gasteiger partial charge in [0.15, 0.2) is 0 Å². The highest BCUT2D eigenvalue weighted by Gasteiger charge is 2.29. The Bertz CT molecular complexity index is 598. The lowest BCUT2D eigenvalue weighted by Gasteiger charge is -2.29. The predicted octanol–water partition coefficient (Wildman–Crippen LogP) is 0.706. The van der Waals surface area contributed by atoms with Gasteiger partial charge in [-0.2, -0.15) is 9.82 Å². The monoisotopic (exact) mass is 314 g/mol. The Labute approximate surface area is 125 Å². The molecule has 1 fully saturated rings. The summed E-state index contributed by atoms with van der Waals surface area (Å²) in [7, 11) is -3.75. The molecule has 0 saturated carbocycles. The molecule has 0 radical (unpaired) electrons. The number of sulfonamides is 1. The van der Waals surface area contributed by atoms with E-state index in [2.05, 4.69) is 14.9 Å². The summed E-state index contributed by atoms with van der Waals surface area (Å²) in [4.78, 5) is 14.1. The number of aryl methyl sites for hydroxylation is 2. The van der Waals surface area contributed by atoms with Gasteiger partial charge in [-0.1, -0.05) is 0 Å². The zero-order valence-corrected chi connectivity index (χ0v) is 13.5. The topological polar surface area (TPSA) is 95.2 Å². The van der Waals surface area contributed by atoms with Crippen LogP contribution in [0.15, 0.2) is 4.90 Å². The Morgan fingerprint density at radius 1 is 1.29 bits per heavy atom. The van der Waals surface area contributed by atoms with Crippen LogP contribution in [0.1, 0.15) is 37.6 Å². The van der Waals surface area contributed by atoms with Crippen LogP contribution in [0, 0.1) is 13.8 Å². The van der Waals surface area contributed by atoms with Crippen molar-refractivity contribution in [2.45, 2.75) is 51.0 Å². The minimum atomic E-state index is -3.75. The van der Waals surface area contributed by atoms with Crippen LogP contribution in [0.25, 0.3) is 0 Å². The number of carbonyl (C=O) groups is 1. The predicted molar refractivity (Wildman–Crippen MR) is 78.3 cm³/mol. The van der Waals surface area contributed by atoms with E-state index in [1.54, 1.807) is 25.7 Å². The normalized spacial score (nSPS) is 17.8. The number of aromatic amines is 1. The molecule has 1 aliphatic rings. The van der Waals surface area contributed by atoms with Gasteiger partial charge in [0.2, 0.25) is 15.9 Å². The number of H-pyrrole nitrogens is 1. The molecule has 1 aromatic rings. The number of hydrogen-bond acceptors (Lipinski definition) is 4. The molecule has 1 atom stereocenters. The Morgan fingerprint density at radius 3 is 2.43 bits per heavy atom. The Balaban J connectivity index is 2.11. The van der Waals surface area contributed by atoms with Gasteiger partial charge in [-0.05, 0) is 40.0 Å². The zero-order chi connectivity index (χ0) is 15.6. The van der Waals surface area contributed by atoms with E-state index in [9.17, 15) is 13.2 Å². The van der Waals surface area contributed by atoms with E-state index in [4.69, 9.17) is 0 Å². The minimum absolute atomic E-state index is 0.126. The third-order valence-electron chi connectivity index (χ3n) is 3.70. The lowest BCUT2D eigenvalue weighted by molar-refractivity contribution is -0.133. The van der Waals surface area contributed by atoms with E-state index in [1.165, 1.54) is 0 Å². The van der Waals surface area contributed by atoms with Crippen LogP contribution < -0.4 is 4.72 Å². The first-order valence-corrected chi connectivity index (χ1v) is 8.64. The van der Waals surface area contributed by atoms with Gasteiger partial charge < -0.3 is 4.90 Å². The lowest BCUT2D eigenvalue weighted by Crippen LogP contribution is -2.48. The molecular weight excluding hydrogens is 292 g/mol. The molecule has 1 unspecified atom stereocenters. The highest BCUT2D eigenvalue weighted by atomic mass is 32.2. The van der Waals surface area contributed by atoms with Crippen molar-refractivity contribution >= 4 is 15.9 Å². The smallest absolute Gasteiger partial charge is 0.244 e. The molecule has 1 amide bonds. The molecule has 0 spiro atoms. The Morgan fingerprint density at radius 2 is 1.90 bits per heavy atom. The van der Waals surface area contributed by atoms with Crippen molar-refractivity contribution < 1.29 is 13.2 Å². The van der Waals surface area contributed by atoms with E-state index in [-0.39, 0.29) is 10.8 Å². The van der Waals surface area contributed by atoms with Gasteiger partial charge in [-0.25, -0.2) is 8.42 Å². The molecule has 0 aliphatic carbocycles. The van der Waals surface area contributed by atoms with Crippen molar-refractivity contribution in [1.82, 2.24) is 19.8 Å². The van der Waals surface area contributed by atoms with E-state index in [1.807, 2.05) is 0 Å². The third kappa shape index (κ3) is 3.44. The molecule has 118 valence electrons. The fourth-order valence-electron chi connectivity index (χ4n) is 2.67. The van der Waals surface area contributed by atoms with Gasteiger partial charge in [-0.3, -0.25) is 9.89 Å². The maximum absolute atomic E-state index is 12.4. The number of nitrogens with zero attached hydrogens (tertiary/aromatic N) is 2. The van der Waals surface area contributed by atoms with Crippen molar-refractivity contribution in [3.8, 4) is 0 Å². The number of nitrogens with one attached hydrogen (secondary N) is 2. The fraction of sp³-hybridized carbons (Fsp3) is 0.692. The average Bonchev–Trinajstić information content (AvgIpc) is 2.78. The summed E-state index contributed by atoms with van der Waals surface area (Å²) in [6, 6.07) is -0.776. The van der Waals surface area contributed by atoms with Crippen molar-refractivity contribution in [3.05, 3.63) is 11.4 Å². The summed E-state index contributed by atoms with van der Waals surface area (Å²) in [5, 5.41) is 6.53. The summed E-state index contributed by atoms with van der Waals surface area (Å²) in [6.07, 6.45) is 3.08. The molecule has 1 aromatic heterocycles. The van der Waals surface area contributed by atoms with Crippen LogP contribution in [0.4, 0.5) is 0 Å². The summed E-state index contributed by atoms with van der Waals surface area (Å²) in [6.45, 7) is 6.25. The molecule has 2 rings (SSSR count). The zero-order valence-electron chi connectivity index (χ0n) is 12.6. The molecule has 2 N–H and O–H groups in total. The second-order valence-corrected chi connectivity index (χ2v) is 7.14. The Hall–Kier alpha value is -1.41. The molecule has 0 bridgehead atoms. The number of carbonyl (C=O) groups excluding carboxylic acids is 1. The van der Waals surface area contributed by atoms with Crippen molar-refractivity contribution in [3.63, 3.8) is 0 Å². The first-order valence-electron chi connectivity index (χ1n) is 7.15. The molecule has 7 nitrogen and oxygen atoms in total. The van der Waals surface area contributed by atoms with Crippen LogP contribution in [-0.4, -0.2) is 48.6 Å². The van der Waals surface area contributed by atoms with Gasteiger partial charge in [-0.15, -0.1) is 0 Å². The van der Waals surface area contributed by atoms with Crippen LogP contribution in [0.5, 0.6) is 0 Å².